The molecule has 0 aliphatic carbocycles. The topological polar surface area (TPSA) is 106 Å². The van der Waals surface area contributed by atoms with Crippen molar-refractivity contribution in [2.24, 2.45) is 0 Å². The zero-order chi connectivity index (χ0) is 12.5. The standard InChI is InChI=1S/C11H12N6O/c1-6-2-7(18-4-6)3-13-9-8-10(15-5-14-8)17-11(12)16-9/h2,4-5H,3H2,1H3,(H4,12,13,14,15,16,17). The molecule has 3 rings (SSSR count). The van der Waals surface area contributed by atoms with E-state index in [0.29, 0.717) is 18.0 Å². The average molecular weight is 244 g/mol. The molecule has 0 fully saturated rings. The number of H-pyrrole nitrogens is 1. The largest absolute Gasteiger partial charge is 0.467 e. The molecule has 0 aromatic carbocycles. The first-order chi connectivity index (χ1) is 8.72. The van der Waals surface area contributed by atoms with E-state index in [2.05, 4.69) is 25.3 Å². The van der Waals surface area contributed by atoms with E-state index in [1.165, 1.54) is 0 Å². The van der Waals surface area contributed by atoms with E-state index in [9.17, 15) is 0 Å². The molecule has 0 radical (unpaired) electrons. The number of nitrogen functional groups attached to an aromatic ring is 1. The van der Waals surface area contributed by atoms with Crippen molar-refractivity contribution < 1.29 is 4.42 Å². The van der Waals surface area contributed by atoms with Crippen LogP contribution in [0.3, 0.4) is 0 Å². The second-order valence-electron chi connectivity index (χ2n) is 3.98. The molecule has 0 saturated heterocycles. The van der Waals surface area contributed by atoms with Crippen molar-refractivity contribution >= 4 is 22.9 Å². The van der Waals surface area contributed by atoms with E-state index in [-0.39, 0.29) is 5.95 Å². The van der Waals surface area contributed by atoms with Gasteiger partial charge >= 0.3 is 0 Å². The Bertz CT molecular complexity index is 686. The van der Waals surface area contributed by atoms with Gasteiger partial charge in [0.25, 0.3) is 0 Å². The predicted octanol–water partition coefficient (Wildman–Crippen LogP) is 1.45. The van der Waals surface area contributed by atoms with E-state index < -0.39 is 0 Å². The van der Waals surface area contributed by atoms with E-state index in [1.54, 1.807) is 12.6 Å². The summed E-state index contributed by atoms with van der Waals surface area (Å²) in [7, 11) is 0. The third kappa shape index (κ3) is 1.86. The maximum absolute atomic E-state index is 5.62. The summed E-state index contributed by atoms with van der Waals surface area (Å²) in [5.74, 6) is 1.63. The van der Waals surface area contributed by atoms with Gasteiger partial charge in [-0.25, -0.2) is 4.98 Å². The third-order valence-corrected chi connectivity index (χ3v) is 2.52. The summed E-state index contributed by atoms with van der Waals surface area (Å²) in [6.07, 6.45) is 3.26. The number of imidazole rings is 1. The van der Waals surface area contributed by atoms with Crippen molar-refractivity contribution in [1.29, 1.82) is 0 Å². The fourth-order valence-corrected chi connectivity index (χ4v) is 1.73. The Morgan fingerprint density at radius 3 is 3.11 bits per heavy atom. The Labute approximate surface area is 102 Å². The monoisotopic (exact) mass is 244 g/mol. The Hall–Kier alpha value is -2.57. The van der Waals surface area contributed by atoms with Crippen molar-refractivity contribution in [1.82, 2.24) is 19.9 Å². The summed E-state index contributed by atoms with van der Waals surface area (Å²) in [6.45, 7) is 2.50. The number of aromatic nitrogens is 4. The highest BCUT2D eigenvalue weighted by Gasteiger charge is 2.08. The SMILES string of the molecule is Cc1coc(CNc2nc(N)nc3nc[nH]c23)c1. The molecule has 0 atom stereocenters. The summed E-state index contributed by atoms with van der Waals surface area (Å²) >= 11 is 0. The van der Waals surface area contributed by atoms with Crippen LogP contribution in [0.25, 0.3) is 11.2 Å². The minimum absolute atomic E-state index is 0.188. The molecule has 0 saturated carbocycles. The van der Waals surface area contributed by atoms with Crippen LogP contribution < -0.4 is 11.1 Å². The van der Waals surface area contributed by atoms with Gasteiger partial charge in [-0.2, -0.15) is 9.97 Å². The average Bonchev–Trinajstić information content (AvgIpc) is 2.94. The second kappa shape index (κ2) is 4.02. The summed E-state index contributed by atoms with van der Waals surface area (Å²) in [4.78, 5) is 15.2. The zero-order valence-corrected chi connectivity index (χ0v) is 9.77. The predicted molar refractivity (Wildman–Crippen MR) is 66.9 cm³/mol. The van der Waals surface area contributed by atoms with Gasteiger partial charge in [-0.3, -0.25) is 0 Å². The molecule has 3 heterocycles. The first-order valence-electron chi connectivity index (χ1n) is 5.47. The number of aromatic amines is 1. The van der Waals surface area contributed by atoms with Crippen molar-refractivity contribution in [2.45, 2.75) is 13.5 Å². The van der Waals surface area contributed by atoms with E-state index >= 15 is 0 Å². The fourth-order valence-electron chi connectivity index (χ4n) is 1.73. The number of rotatable bonds is 3. The minimum atomic E-state index is 0.188. The Kier molecular flexibility index (Phi) is 2.36. The molecule has 4 N–H and O–H groups in total. The summed E-state index contributed by atoms with van der Waals surface area (Å²) in [5.41, 5.74) is 7.97. The molecule has 0 spiro atoms. The van der Waals surface area contributed by atoms with E-state index in [0.717, 1.165) is 16.8 Å². The highest BCUT2D eigenvalue weighted by atomic mass is 16.3. The molecule has 7 nitrogen and oxygen atoms in total. The van der Waals surface area contributed by atoms with Crippen LogP contribution in [0.5, 0.6) is 0 Å². The Morgan fingerprint density at radius 2 is 2.33 bits per heavy atom. The quantitative estimate of drug-likeness (QED) is 0.644. The molecular weight excluding hydrogens is 232 g/mol. The number of hydrogen-bond acceptors (Lipinski definition) is 6. The number of aryl methyl sites for hydroxylation is 1. The van der Waals surface area contributed by atoms with Gasteiger partial charge in [0.15, 0.2) is 11.5 Å². The Balaban J connectivity index is 1.87. The molecule has 0 aliphatic heterocycles. The lowest BCUT2D eigenvalue weighted by molar-refractivity contribution is 0.516. The van der Waals surface area contributed by atoms with Crippen LogP contribution in [-0.2, 0) is 6.54 Å². The lowest BCUT2D eigenvalue weighted by Gasteiger charge is -2.04. The molecule has 0 unspecified atom stereocenters. The number of nitrogens with two attached hydrogens (primary N) is 1. The highest BCUT2D eigenvalue weighted by Crippen LogP contribution is 2.18. The number of nitrogens with one attached hydrogen (secondary N) is 2. The molecule has 7 heteroatoms. The lowest BCUT2D eigenvalue weighted by Crippen LogP contribution is -2.04. The van der Waals surface area contributed by atoms with Gasteiger partial charge < -0.3 is 20.5 Å². The molecule has 18 heavy (non-hydrogen) atoms. The van der Waals surface area contributed by atoms with Gasteiger partial charge in [0.05, 0.1) is 19.1 Å². The number of fused-ring (bicyclic) bond motifs is 1. The van der Waals surface area contributed by atoms with Gasteiger partial charge in [0.2, 0.25) is 5.95 Å². The number of hydrogen-bond donors (Lipinski definition) is 3. The molecule has 92 valence electrons. The first-order valence-corrected chi connectivity index (χ1v) is 5.47. The van der Waals surface area contributed by atoms with Gasteiger partial charge in [-0.1, -0.05) is 0 Å². The van der Waals surface area contributed by atoms with E-state index in [4.69, 9.17) is 10.2 Å². The van der Waals surface area contributed by atoms with Crippen LogP contribution >= 0.6 is 0 Å². The maximum Gasteiger partial charge on any atom is 0.224 e. The van der Waals surface area contributed by atoms with Crippen LogP contribution in [0.4, 0.5) is 11.8 Å². The van der Waals surface area contributed by atoms with Crippen molar-refractivity contribution in [3.05, 3.63) is 30.0 Å². The normalized spacial score (nSPS) is 10.9. The van der Waals surface area contributed by atoms with Crippen LogP contribution in [0.15, 0.2) is 23.1 Å². The molecule has 0 aliphatic rings. The number of nitrogens with zero attached hydrogens (tertiary/aromatic N) is 3. The van der Waals surface area contributed by atoms with Gasteiger partial charge in [-0.05, 0) is 18.6 Å². The van der Waals surface area contributed by atoms with Gasteiger partial charge in [0.1, 0.15) is 11.3 Å². The summed E-state index contributed by atoms with van der Waals surface area (Å²) in [5, 5.41) is 3.15. The molecular formula is C11H12N6O. The highest BCUT2D eigenvalue weighted by molar-refractivity contribution is 5.83. The number of furan rings is 1. The zero-order valence-electron chi connectivity index (χ0n) is 9.77. The molecule has 3 aromatic heterocycles. The van der Waals surface area contributed by atoms with E-state index in [1.807, 2.05) is 13.0 Å². The Morgan fingerprint density at radius 1 is 1.44 bits per heavy atom. The number of anilines is 2. The molecule has 0 amide bonds. The molecule has 0 bridgehead atoms. The van der Waals surface area contributed by atoms with Crippen molar-refractivity contribution in [2.75, 3.05) is 11.1 Å². The van der Waals surface area contributed by atoms with Gasteiger partial charge in [-0.15, -0.1) is 0 Å². The van der Waals surface area contributed by atoms with Crippen LogP contribution in [0, 0.1) is 6.92 Å². The fraction of sp³-hybridized carbons (Fsp3) is 0.182. The van der Waals surface area contributed by atoms with Crippen LogP contribution in [0.1, 0.15) is 11.3 Å². The van der Waals surface area contributed by atoms with Gasteiger partial charge in [0, 0.05) is 0 Å². The molecule has 3 aromatic rings. The lowest BCUT2D eigenvalue weighted by atomic mass is 10.3. The summed E-state index contributed by atoms with van der Waals surface area (Å²) < 4.78 is 5.35. The van der Waals surface area contributed by atoms with Crippen LogP contribution in [-0.4, -0.2) is 19.9 Å². The smallest absolute Gasteiger partial charge is 0.224 e. The maximum atomic E-state index is 5.62. The van der Waals surface area contributed by atoms with Crippen LogP contribution in [0.2, 0.25) is 0 Å². The van der Waals surface area contributed by atoms with Crippen molar-refractivity contribution in [3.8, 4) is 0 Å². The second-order valence-corrected chi connectivity index (χ2v) is 3.98. The minimum Gasteiger partial charge on any atom is -0.467 e. The summed E-state index contributed by atoms with van der Waals surface area (Å²) in [6, 6.07) is 1.96. The first kappa shape index (κ1) is 10.6. The third-order valence-electron chi connectivity index (χ3n) is 2.52. The van der Waals surface area contributed by atoms with Crippen molar-refractivity contribution in [3.63, 3.8) is 0 Å².